The Morgan fingerprint density at radius 1 is 1.13 bits per heavy atom. The minimum atomic E-state index is -0.208. The summed E-state index contributed by atoms with van der Waals surface area (Å²) in [6.07, 6.45) is 0.402. The SMILES string of the molecule is O=C(I)c1cccc(Nc2ccc(C3=NOC(CNC(=O)c4ccc(Cl)s4)C3)cc2)c1. The molecule has 9 heteroatoms. The molecule has 1 aliphatic heterocycles. The molecule has 0 aliphatic carbocycles. The number of amides is 1. The lowest BCUT2D eigenvalue weighted by Crippen LogP contribution is -2.31. The standard InChI is InChI=1S/C22H17ClIN3O3S/c23-20-9-8-19(31-20)22(29)25-12-17-11-18(27-30-17)13-4-6-15(7-5-13)26-16-3-1-2-14(10-16)21(24)28/h1-10,17,26H,11-12H2,(H,25,29). The maximum absolute atomic E-state index is 12.1. The zero-order valence-electron chi connectivity index (χ0n) is 16.1. The molecule has 0 fully saturated rings. The van der Waals surface area contributed by atoms with Gasteiger partial charge in [0.25, 0.3) is 5.91 Å². The van der Waals surface area contributed by atoms with E-state index in [1.54, 1.807) is 40.8 Å². The first-order valence-electron chi connectivity index (χ1n) is 9.41. The molecule has 158 valence electrons. The van der Waals surface area contributed by atoms with Crippen LogP contribution in [0.25, 0.3) is 0 Å². The summed E-state index contributed by atoms with van der Waals surface area (Å²) in [6, 6.07) is 18.6. The molecule has 0 spiro atoms. The third-order valence-corrected chi connectivity index (χ3v) is 6.47. The van der Waals surface area contributed by atoms with Gasteiger partial charge in [-0.2, -0.15) is 0 Å². The van der Waals surface area contributed by atoms with Crippen LogP contribution in [0.15, 0.2) is 65.8 Å². The maximum atomic E-state index is 12.1. The molecule has 6 nitrogen and oxygen atoms in total. The number of carbonyl (C=O) groups excluding carboxylic acids is 2. The minimum Gasteiger partial charge on any atom is -0.390 e. The molecule has 0 saturated heterocycles. The van der Waals surface area contributed by atoms with Crippen LogP contribution in [0.4, 0.5) is 11.4 Å². The number of halogens is 2. The molecule has 3 aromatic rings. The summed E-state index contributed by atoms with van der Waals surface area (Å²) in [7, 11) is 0. The lowest BCUT2D eigenvalue weighted by molar-refractivity contribution is 0.0755. The van der Waals surface area contributed by atoms with E-state index in [-0.39, 0.29) is 15.8 Å². The Hall–Kier alpha value is -2.43. The number of anilines is 2. The fraction of sp³-hybridized carbons (Fsp3) is 0.136. The molecule has 0 saturated carbocycles. The van der Waals surface area contributed by atoms with E-state index in [9.17, 15) is 9.59 Å². The molecule has 1 unspecified atom stereocenters. The van der Waals surface area contributed by atoms with Gasteiger partial charge in [-0.25, -0.2) is 0 Å². The molecule has 0 bridgehead atoms. The average Bonchev–Trinajstić information content (AvgIpc) is 3.42. The van der Waals surface area contributed by atoms with E-state index in [1.807, 2.05) is 42.5 Å². The largest absolute Gasteiger partial charge is 0.390 e. The lowest BCUT2D eigenvalue weighted by Gasteiger charge is -2.09. The van der Waals surface area contributed by atoms with Crippen LogP contribution in [0.2, 0.25) is 4.34 Å². The average molecular weight is 566 g/mol. The van der Waals surface area contributed by atoms with E-state index in [0.29, 0.717) is 27.7 Å². The summed E-state index contributed by atoms with van der Waals surface area (Å²) in [4.78, 5) is 29.7. The van der Waals surface area contributed by atoms with Crippen molar-refractivity contribution in [2.45, 2.75) is 12.5 Å². The summed E-state index contributed by atoms with van der Waals surface area (Å²) in [5.74, 6) is -0.169. The second-order valence-electron chi connectivity index (χ2n) is 6.84. The summed E-state index contributed by atoms with van der Waals surface area (Å²) < 4.78 is 0.581. The summed E-state index contributed by atoms with van der Waals surface area (Å²) in [5, 5.41) is 10.3. The highest BCUT2D eigenvalue weighted by Crippen LogP contribution is 2.23. The second kappa shape index (κ2) is 9.80. The van der Waals surface area contributed by atoms with Crippen LogP contribution in [0, 0.1) is 0 Å². The van der Waals surface area contributed by atoms with Crippen LogP contribution in [-0.2, 0) is 4.84 Å². The Morgan fingerprint density at radius 2 is 1.94 bits per heavy atom. The molecule has 2 heterocycles. The molecule has 1 atom stereocenters. The fourth-order valence-corrected chi connectivity index (χ4v) is 4.37. The normalized spacial score (nSPS) is 15.2. The highest BCUT2D eigenvalue weighted by molar-refractivity contribution is 14.1. The number of benzene rings is 2. The Balaban J connectivity index is 1.31. The molecular weight excluding hydrogens is 549 g/mol. The fourth-order valence-electron chi connectivity index (χ4n) is 3.07. The number of carbonyl (C=O) groups is 2. The third-order valence-electron chi connectivity index (χ3n) is 4.62. The molecule has 2 aromatic carbocycles. The van der Waals surface area contributed by atoms with Gasteiger partial charge in [0.05, 0.1) is 21.5 Å². The van der Waals surface area contributed by atoms with Gasteiger partial charge in [0, 0.05) is 45.9 Å². The van der Waals surface area contributed by atoms with Crippen molar-refractivity contribution in [1.29, 1.82) is 0 Å². The van der Waals surface area contributed by atoms with Crippen molar-refractivity contribution < 1.29 is 14.4 Å². The van der Waals surface area contributed by atoms with E-state index in [0.717, 1.165) is 22.6 Å². The summed E-state index contributed by atoms with van der Waals surface area (Å²) >= 11 is 8.89. The van der Waals surface area contributed by atoms with Gasteiger partial charge in [0.2, 0.25) is 3.79 Å². The van der Waals surface area contributed by atoms with Crippen LogP contribution in [0.1, 0.15) is 32.0 Å². The van der Waals surface area contributed by atoms with Gasteiger partial charge in [-0.05, 0) is 42.0 Å². The molecule has 1 amide bonds. The van der Waals surface area contributed by atoms with Crippen LogP contribution >= 0.6 is 45.5 Å². The predicted octanol–water partition coefficient (Wildman–Crippen LogP) is 5.64. The molecule has 2 N–H and O–H groups in total. The zero-order valence-corrected chi connectivity index (χ0v) is 19.8. The number of nitrogens with one attached hydrogen (secondary N) is 2. The maximum Gasteiger partial charge on any atom is 0.261 e. The van der Waals surface area contributed by atoms with Crippen molar-refractivity contribution in [3.05, 3.63) is 81.0 Å². The van der Waals surface area contributed by atoms with Crippen molar-refractivity contribution in [3.8, 4) is 0 Å². The monoisotopic (exact) mass is 565 g/mol. The molecular formula is C22H17ClIN3O3S. The van der Waals surface area contributed by atoms with E-state index in [4.69, 9.17) is 16.4 Å². The number of hydrogen-bond acceptors (Lipinski definition) is 6. The first-order valence-corrected chi connectivity index (χ1v) is 11.7. The summed E-state index contributed by atoms with van der Waals surface area (Å²) in [6.45, 7) is 0.368. The van der Waals surface area contributed by atoms with Crippen molar-refractivity contribution in [3.63, 3.8) is 0 Å². The van der Waals surface area contributed by atoms with Crippen LogP contribution < -0.4 is 10.6 Å². The lowest BCUT2D eigenvalue weighted by atomic mass is 10.0. The van der Waals surface area contributed by atoms with Crippen LogP contribution in [0.5, 0.6) is 0 Å². The molecule has 1 aromatic heterocycles. The van der Waals surface area contributed by atoms with Crippen LogP contribution in [0.3, 0.4) is 0 Å². The van der Waals surface area contributed by atoms with Crippen molar-refractivity contribution in [1.82, 2.24) is 5.32 Å². The van der Waals surface area contributed by atoms with E-state index >= 15 is 0 Å². The van der Waals surface area contributed by atoms with Gasteiger partial charge in [-0.3, -0.25) is 9.59 Å². The van der Waals surface area contributed by atoms with E-state index < -0.39 is 0 Å². The Labute approximate surface area is 201 Å². The summed E-state index contributed by atoms with van der Waals surface area (Å²) in [5.41, 5.74) is 4.20. The Kier molecular flexibility index (Phi) is 6.89. The number of oxime groups is 1. The number of thiophene rings is 1. The van der Waals surface area contributed by atoms with E-state index in [1.165, 1.54) is 11.3 Å². The highest BCUT2D eigenvalue weighted by Gasteiger charge is 2.23. The second-order valence-corrected chi connectivity index (χ2v) is 9.54. The van der Waals surface area contributed by atoms with Crippen molar-refractivity contribution >= 4 is 72.3 Å². The van der Waals surface area contributed by atoms with Gasteiger partial charge in [0.15, 0.2) is 0 Å². The van der Waals surface area contributed by atoms with Crippen molar-refractivity contribution in [2.24, 2.45) is 5.16 Å². The van der Waals surface area contributed by atoms with Gasteiger partial charge in [0.1, 0.15) is 6.10 Å². The molecule has 1 aliphatic rings. The van der Waals surface area contributed by atoms with Crippen molar-refractivity contribution in [2.75, 3.05) is 11.9 Å². The quantitative estimate of drug-likeness (QED) is 0.287. The van der Waals surface area contributed by atoms with Gasteiger partial charge >= 0.3 is 0 Å². The number of nitrogens with zero attached hydrogens (tertiary/aromatic N) is 1. The first-order chi connectivity index (χ1) is 15.0. The molecule has 31 heavy (non-hydrogen) atoms. The first kappa shape index (κ1) is 21.8. The highest BCUT2D eigenvalue weighted by atomic mass is 127. The predicted molar refractivity (Wildman–Crippen MR) is 132 cm³/mol. The zero-order chi connectivity index (χ0) is 21.8. The third kappa shape index (κ3) is 5.63. The van der Waals surface area contributed by atoms with Crippen LogP contribution in [-0.4, -0.2) is 28.1 Å². The van der Waals surface area contributed by atoms with Gasteiger partial charge < -0.3 is 15.5 Å². The van der Waals surface area contributed by atoms with Gasteiger partial charge in [-0.15, -0.1) is 11.3 Å². The number of rotatable bonds is 7. The Morgan fingerprint density at radius 3 is 2.65 bits per heavy atom. The Bertz CT molecular complexity index is 1150. The molecule has 0 radical (unpaired) electrons. The number of hydrogen-bond donors (Lipinski definition) is 2. The molecule has 4 rings (SSSR count). The topological polar surface area (TPSA) is 79.8 Å². The van der Waals surface area contributed by atoms with E-state index in [2.05, 4.69) is 15.8 Å². The smallest absolute Gasteiger partial charge is 0.261 e. The van der Waals surface area contributed by atoms with Gasteiger partial charge in [-0.1, -0.05) is 41.0 Å². The minimum absolute atomic E-state index is 0.000716.